The lowest BCUT2D eigenvalue weighted by Crippen LogP contribution is -2.48. The summed E-state index contributed by atoms with van der Waals surface area (Å²) in [4.78, 5) is 38.6. The van der Waals surface area contributed by atoms with Crippen molar-refractivity contribution in [2.75, 3.05) is 37.7 Å². The average molecular weight is 420 g/mol. The fourth-order valence-electron chi connectivity index (χ4n) is 3.57. The Kier molecular flexibility index (Phi) is 6.45. The fourth-order valence-corrected chi connectivity index (χ4v) is 3.57. The number of hydrogen-bond acceptors (Lipinski definition) is 7. The van der Waals surface area contributed by atoms with E-state index in [1.165, 1.54) is 18.2 Å². The molecule has 164 valence electrons. The minimum absolute atomic E-state index is 0.0597. The first-order valence-electron chi connectivity index (χ1n) is 10.1. The van der Waals surface area contributed by atoms with Gasteiger partial charge in [-0.1, -0.05) is 0 Å². The van der Waals surface area contributed by atoms with Crippen molar-refractivity contribution in [2.24, 2.45) is 0 Å². The monoisotopic (exact) mass is 420 g/mol. The summed E-state index contributed by atoms with van der Waals surface area (Å²) in [7, 11) is 0. The molecule has 0 saturated carbocycles. The Morgan fingerprint density at radius 2 is 2.00 bits per heavy atom. The summed E-state index contributed by atoms with van der Waals surface area (Å²) in [6.07, 6.45) is 1.18. The predicted molar refractivity (Wildman–Crippen MR) is 110 cm³/mol. The number of likely N-dealkylation sites (tertiary alicyclic amines) is 1. The molecule has 2 heterocycles. The van der Waals surface area contributed by atoms with Crippen LogP contribution in [-0.4, -0.2) is 66.3 Å². The first-order chi connectivity index (χ1) is 14.1. The Bertz CT molecular complexity index is 814. The van der Waals surface area contributed by atoms with E-state index >= 15 is 0 Å². The maximum atomic E-state index is 12.3. The molecule has 1 aromatic carbocycles. The van der Waals surface area contributed by atoms with Crippen molar-refractivity contribution >= 4 is 23.4 Å². The number of carbonyl (C=O) groups is 2. The van der Waals surface area contributed by atoms with Gasteiger partial charge in [-0.05, 0) is 39.7 Å². The van der Waals surface area contributed by atoms with Gasteiger partial charge in [0.15, 0.2) is 6.61 Å². The molecule has 1 aromatic rings. The number of rotatable bonds is 5. The largest absolute Gasteiger partial charge is 0.482 e. The SMILES string of the molecule is CC(C)(C)OC(=O)NC1CCN(CCN2C(=O)COc3ccc([N+](=O)[O-])cc32)CC1. The number of nitrogens with zero attached hydrogens (tertiary/aromatic N) is 3. The zero-order valence-corrected chi connectivity index (χ0v) is 17.6. The lowest BCUT2D eigenvalue weighted by Gasteiger charge is -2.35. The van der Waals surface area contributed by atoms with Crippen LogP contribution in [0.1, 0.15) is 33.6 Å². The molecule has 2 amide bonds. The number of anilines is 1. The summed E-state index contributed by atoms with van der Waals surface area (Å²) in [5.41, 5.74) is -0.172. The van der Waals surface area contributed by atoms with Gasteiger partial charge in [0.25, 0.3) is 11.6 Å². The van der Waals surface area contributed by atoms with E-state index in [0.29, 0.717) is 24.5 Å². The van der Waals surface area contributed by atoms with E-state index in [1.54, 1.807) is 4.90 Å². The van der Waals surface area contributed by atoms with Crippen LogP contribution in [0, 0.1) is 10.1 Å². The number of piperidine rings is 1. The maximum Gasteiger partial charge on any atom is 0.407 e. The van der Waals surface area contributed by atoms with Crippen LogP contribution in [0.25, 0.3) is 0 Å². The average Bonchev–Trinajstić information content (AvgIpc) is 2.66. The molecule has 1 fully saturated rings. The molecule has 2 aliphatic heterocycles. The van der Waals surface area contributed by atoms with Crippen molar-refractivity contribution in [3.63, 3.8) is 0 Å². The van der Waals surface area contributed by atoms with Crippen LogP contribution in [0.5, 0.6) is 5.75 Å². The van der Waals surface area contributed by atoms with Crippen LogP contribution in [-0.2, 0) is 9.53 Å². The minimum atomic E-state index is -0.527. The van der Waals surface area contributed by atoms with Crippen molar-refractivity contribution in [1.82, 2.24) is 10.2 Å². The van der Waals surface area contributed by atoms with Crippen molar-refractivity contribution in [1.29, 1.82) is 0 Å². The van der Waals surface area contributed by atoms with Gasteiger partial charge in [0.1, 0.15) is 11.4 Å². The number of alkyl carbamates (subject to hydrolysis) is 1. The molecule has 3 rings (SSSR count). The first-order valence-corrected chi connectivity index (χ1v) is 10.1. The smallest absolute Gasteiger partial charge is 0.407 e. The normalized spacial score (nSPS) is 17.8. The zero-order chi connectivity index (χ0) is 21.9. The summed E-state index contributed by atoms with van der Waals surface area (Å²) >= 11 is 0. The first kappa shape index (κ1) is 21.8. The molecule has 0 atom stereocenters. The second-order valence-corrected chi connectivity index (χ2v) is 8.51. The molecule has 10 nitrogen and oxygen atoms in total. The lowest BCUT2D eigenvalue weighted by atomic mass is 10.1. The molecule has 0 bridgehead atoms. The van der Waals surface area contributed by atoms with Crippen LogP contribution < -0.4 is 15.0 Å². The number of fused-ring (bicyclic) bond motifs is 1. The number of amides is 2. The molecule has 2 aliphatic rings. The highest BCUT2D eigenvalue weighted by Crippen LogP contribution is 2.35. The molecule has 1 saturated heterocycles. The molecule has 0 unspecified atom stereocenters. The van der Waals surface area contributed by atoms with Crippen LogP contribution in [0.2, 0.25) is 0 Å². The second-order valence-electron chi connectivity index (χ2n) is 8.51. The van der Waals surface area contributed by atoms with Crippen LogP contribution in [0.4, 0.5) is 16.2 Å². The number of nitro benzene ring substituents is 1. The van der Waals surface area contributed by atoms with Gasteiger partial charge >= 0.3 is 6.09 Å². The van der Waals surface area contributed by atoms with E-state index in [4.69, 9.17) is 9.47 Å². The van der Waals surface area contributed by atoms with E-state index in [9.17, 15) is 19.7 Å². The fraction of sp³-hybridized carbons (Fsp3) is 0.600. The van der Waals surface area contributed by atoms with Crippen molar-refractivity contribution in [3.05, 3.63) is 28.3 Å². The van der Waals surface area contributed by atoms with Gasteiger partial charge in [-0.25, -0.2) is 4.79 Å². The number of nitrogens with one attached hydrogen (secondary N) is 1. The highest BCUT2D eigenvalue weighted by Gasteiger charge is 2.29. The number of carbonyl (C=O) groups excluding carboxylic acids is 2. The van der Waals surface area contributed by atoms with Crippen molar-refractivity contribution in [2.45, 2.75) is 45.3 Å². The van der Waals surface area contributed by atoms with E-state index in [1.807, 2.05) is 20.8 Å². The lowest BCUT2D eigenvalue weighted by molar-refractivity contribution is -0.384. The molecular formula is C20H28N4O6. The molecule has 0 aromatic heterocycles. The Morgan fingerprint density at radius 3 is 2.63 bits per heavy atom. The topological polar surface area (TPSA) is 114 Å². The standard InChI is InChI=1S/C20H28N4O6/c1-20(2,3)30-19(26)21-14-6-8-22(9-7-14)10-11-23-16-12-15(24(27)28)4-5-17(16)29-13-18(23)25/h4-5,12,14H,6-11,13H2,1-3H3,(H,21,26). The third kappa shape index (κ3) is 5.59. The maximum absolute atomic E-state index is 12.3. The number of ether oxygens (including phenoxy) is 2. The third-order valence-corrected chi connectivity index (χ3v) is 5.04. The van der Waals surface area contributed by atoms with E-state index < -0.39 is 16.6 Å². The van der Waals surface area contributed by atoms with E-state index in [2.05, 4.69) is 10.2 Å². The predicted octanol–water partition coefficient (Wildman–Crippen LogP) is 2.31. The van der Waals surface area contributed by atoms with E-state index in [0.717, 1.165) is 25.9 Å². The Morgan fingerprint density at radius 1 is 1.30 bits per heavy atom. The van der Waals surface area contributed by atoms with Crippen molar-refractivity contribution < 1.29 is 24.0 Å². The summed E-state index contributed by atoms with van der Waals surface area (Å²) in [6, 6.07) is 4.34. The molecular weight excluding hydrogens is 392 g/mol. The Labute approximate surface area is 175 Å². The van der Waals surface area contributed by atoms with E-state index in [-0.39, 0.29) is 24.2 Å². The van der Waals surface area contributed by atoms with Gasteiger partial charge in [-0.15, -0.1) is 0 Å². The molecule has 1 N–H and O–H groups in total. The number of nitro groups is 1. The number of non-ortho nitro benzene ring substituents is 1. The van der Waals surface area contributed by atoms with Crippen molar-refractivity contribution in [3.8, 4) is 5.75 Å². The van der Waals surface area contributed by atoms with Gasteiger partial charge < -0.3 is 24.6 Å². The van der Waals surface area contributed by atoms with Gasteiger partial charge in [0, 0.05) is 44.4 Å². The van der Waals surface area contributed by atoms with Crippen LogP contribution >= 0.6 is 0 Å². The summed E-state index contributed by atoms with van der Waals surface area (Å²) in [5.74, 6) is 0.255. The summed E-state index contributed by atoms with van der Waals surface area (Å²) < 4.78 is 10.7. The third-order valence-electron chi connectivity index (χ3n) is 5.04. The summed E-state index contributed by atoms with van der Waals surface area (Å²) in [6.45, 7) is 8.01. The molecule has 0 spiro atoms. The summed E-state index contributed by atoms with van der Waals surface area (Å²) in [5, 5.41) is 14.0. The van der Waals surface area contributed by atoms with Crippen LogP contribution in [0.3, 0.4) is 0 Å². The highest BCUT2D eigenvalue weighted by molar-refractivity contribution is 5.98. The van der Waals surface area contributed by atoms with Gasteiger partial charge in [-0.3, -0.25) is 14.9 Å². The van der Waals surface area contributed by atoms with Gasteiger partial charge in [0.05, 0.1) is 10.6 Å². The zero-order valence-electron chi connectivity index (χ0n) is 17.6. The molecule has 10 heteroatoms. The second kappa shape index (κ2) is 8.86. The molecule has 0 aliphatic carbocycles. The minimum Gasteiger partial charge on any atom is -0.482 e. The molecule has 30 heavy (non-hydrogen) atoms. The quantitative estimate of drug-likeness (QED) is 0.574. The van der Waals surface area contributed by atoms with Crippen LogP contribution in [0.15, 0.2) is 18.2 Å². The Balaban J connectivity index is 1.52. The van der Waals surface area contributed by atoms with Gasteiger partial charge in [-0.2, -0.15) is 0 Å². The highest BCUT2D eigenvalue weighted by atomic mass is 16.6. The number of hydrogen-bond donors (Lipinski definition) is 1. The number of benzene rings is 1. The molecule has 0 radical (unpaired) electrons. The van der Waals surface area contributed by atoms with Gasteiger partial charge in [0.2, 0.25) is 0 Å². The Hall–Kier alpha value is -2.88.